The molecule has 2 N–H and O–H groups in total. The van der Waals surface area contributed by atoms with Gasteiger partial charge in [0.25, 0.3) is 11.8 Å². The van der Waals surface area contributed by atoms with E-state index in [1.165, 1.54) is 31.7 Å². The molecule has 0 spiro atoms. The molecule has 1 atom stereocenters. The molecule has 0 aromatic carbocycles. The van der Waals surface area contributed by atoms with Gasteiger partial charge in [0.15, 0.2) is 0 Å². The standard InChI is InChI=1S/C26H34N4O4/c31-24-22(25(32)28-15-21-12-8-14-34-21)17-30(16-20-11-6-7-13-27-20)18-23(24)26(33)29-19-9-4-2-1-3-5-10-19/h6-7,11,13,17-19,21H,1-5,8-10,12,14-16H2,(H,28,32)(H,29,33)/t21-/m0/s1. The third-order valence-electron chi connectivity index (χ3n) is 6.59. The van der Waals surface area contributed by atoms with E-state index in [4.69, 9.17) is 4.74 Å². The maximum atomic E-state index is 13.2. The summed E-state index contributed by atoms with van der Waals surface area (Å²) < 4.78 is 7.26. The number of hydrogen-bond donors (Lipinski definition) is 2. The predicted octanol–water partition coefficient (Wildman–Crippen LogP) is 3.04. The summed E-state index contributed by atoms with van der Waals surface area (Å²) in [7, 11) is 0. The van der Waals surface area contributed by atoms with E-state index in [0.29, 0.717) is 19.7 Å². The smallest absolute Gasteiger partial charge is 0.256 e. The van der Waals surface area contributed by atoms with Crippen LogP contribution in [0.5, 0.6) is 0 Å². The zero-order chi connectivity index (χ0) is 23.8. The lowest BCUT2D eigenvalue weighted by molar-refractivity contribution is 0.0856. The van der Waals surface area contributed by atoms with Crippen LogP contribution in [0.15, 0.2) is 41.6 Å². The topological polar surface area (TPSA) is 102 Å². The minimum absolute atomic E-state index is 0.0113. The number of nitrogens with one attached hydrogen (secondary N) is 2. The lowest BCUT2D eigenvalue weighted by Crippen LogP contribution is -2.40. The van der Waals surface area contributed by atoms with E-state index in [0.717, 1.165) is 44.2 Å². The summed E-state index contributed by atoms with van der Waals surface area (Å²) >= 11 is 0. The van der Waals surface area contributed by atoms with Crippen molar-refractivity contribution < 1.29 is 14.3 Å². The van der Waals surface area contributed by atoms with Crippen molar-refractivity contribution in [2.75, 3.05) is 13.2 Å². The molecule has 1 aliphatic heterocycles. The maximum Gasteiger partial charge on any atom is 0.256 e. The Balaban J connectivity index is 1.57. The minimum Gasteiger partial charge on any atom is -0.376 e. The highest BCUT2D eigenvalue weighted by atomic mass is 16.5. The molecule has 182 valence electrons. The molecule has 1 saturated heterocycles. The first-order chi connectivity index (χ1) is 16.6. The number of amides is 2. The van der Waals surface area contributed by atoms with Gasteiger partial charge < -0.3 is 19.9 Å². The fourth-order valence-electron chi connectivity index (χ4n) is 4.70. The van der Waals surface area contributed by atoms with Crippen molar-refractivity contribution in [3.05, 3.63) is 63.8 Å². The summed E-state index contributed by atoms with van der Waals surface area (Å²) in [6.07, 6.45) is 14.1. The van der Waals surface area contributed by atoms with E-state index >= 15 is 0 Å². The number of carbonyl (C=O) groups excluding carboxylic acids is 2. The van der Waals surface area contributed by atoms with E-state index in [9.17, 15) is 14.4 Å². The fraction of sp³-hybridized carbons (Fsp3) is 0.538. The lowest BCUT2D eigenvalue weighted by atomic mass is 9.96. The summed E-state index contributed by atoms with van der Waals surface area (Å²) in [4.78, 5) is 43.7. The van der Waals surface area contributed by atoms with E-state index in [-0.39, 0.29) is 23.3 Å². The van der Waals surface area contributed by atoms with Gasteiger partial charge in [0, 0.05) is 37.8 Å². The van der Waals surface area contributed by atoms with Gasteiger partial charge >= 0.3 is 0 Å². The van der Waals surface area contributed by atoms with Crippen molar-refractivity contribution in [1.82, 2.24) is 20.2 Å². The van der Waals surface area contributed by atoms with Crippen molar-refractivity contribution in [2.45, 2.75) is 76.5 Å². The molecule has 0 radical (unpaired) electrons. The van der Waals surface area contributed by atoms with E-state index < -0.39 is 17.2 Å². The lowest BCUT2D eigenvalue weighted by Gasteiger charge is -2.21. The second-order valence-electron chi connectivity index (χ2n) is 9.27. The molecular weight excluding hydrogens is 432 g/mol. The molecule has 4 rings (SSSR count). The largest absolute Gasteiger partial charge is 0.376 e. The molecule has 1 saturated carbocycles. The molecule has 1 aliphatic carbocycles. The summed E-state index contributed by atoms with van der Waals surface area (Å²) in [5.41, 5.74) is 0.163. The van der Waals surface area contributed by atoms with Crippen molar-refractivity contribution in [3.63, 3.8) is 0 Å². The molecule has 2 aromatic rings. The highest BCUT2D eigenvalue weighted by molar-refractivity contribution is 5.99. The Bertz CT molecular complexity index is 1020. The Kier molecular flexibility index (Phi) is 8.46. The number of ether oxygens (including phenoxy) is 1. The molecule has 2 fully saturated rings. The van der Waals surface area contributed by atoms with Gasteiger partial charge in [-0.05, 0) is 37.8 Å². The zero-order valence-electron chi connectivity index (χ0n) is 19.6. The Labute approximate surface area is 200 Å². The van der Waals surface area contributed by atoms with Crippen LogP contribution >= 0.6 is 0 Å². The van der Waals surface area contributed by atoms with Crippen molar-refractivity contribution in [2.24, 2.45) is 0 Å². The predicted molar refractivity (Wildman–Crippen MR) is 129 cm³/mol. The first kappa shape index (κ1) is 24.1. The molecule has 3 heterocycles. The van der Waals surface area contributed by atoms with Crippen molar-refractivity contribution >= 4 is 11.8 Å². The van der Waals surface area contributed by atoms with Gasteiger partial charge in [-0.2, -0.15) is 0 Å². The van der Waals surface area contributed by atoms with Gasteiger partial charge in [0.1, 0.15) is 11.1 Å². The fourth-order valence-corrected chi connectivity index (χ4v) is 4.70. The number of carbonyl (C=O) groups is 2. The molecule has 0 unspecified atom stereocenters. The van der Waals surface area contributed by atoms with Crippen LogP contribution in [0.2, 0.25) is 0 Å². The number of hydrogen-bond acceptors (Lipinski definition) is 5. The SMILES string of the molecule is O=C(NC[C@@H]1CCCO1)c1cn(Cc2ccccn2)cc(C(=O)NC2CCCCCCC2)c1=O. The molecule has 2 aromatic heterocycles. The van der Waals surface area contributed by atoms with Gasteiger partial charge in [-0.15, -0.1) is 0 Å². The second-order valence-corrected chi connectivity index (χ2v) is 9.27. The van der Waals surface area contributed by atoms with Gasteiger partial charge in [-0.25, -0.2) is 0 Å². The van der Waals surface area contributed by atoms with Crippen LogP contribution in [0.3, 0.4) is 0 Å². The molecule has 8 heteroatoms. The Morgan fingerprint density at radius 3 is 2.38 bits per heavy atom. The Hall–Kier alpha value is -3.00. The first-order valence-corrected chi connectivity index (χ1v) is 12.4. The van der Waals surface area contributed by atoms with E-state index in [1.807, 2.05) is 18.2 Å². The third kappa shape index (κ3) is 6.53. The molecule has 0 bridgehead atoms. The zero-order valence-corrected chi connectivity index (χ0v) is 19.6. The number of pyridine rings is 2. The van der Waals surface area contributed by atoms with Crippen LogP contribution in [0.4, 0.5) is 0 Å². The van der Waals surface area contributed by atoms with Gasteiger partial charge in [-0.3, -0.25) is 19.4 Å². The van der Waals surface area contributed by atoms with Crippen LogP contribution in [-0.4, -0.2) is 46.7 Å². The number of nitrogens with zero attached hydrogens (tertiary/aromatic N) is 2. The summed E-state index contributed by atoms with van der Waals surface area (Å²) in [6, 6.07) is 5.62. The molecule has 2 aliphatic rings. The monoisotopic (exact) mass is 466 g/mol. The third-order valence-corrected chi connectivity index (χ3v) is 6.59. The van der Waals surface area contributed by atoms with Crippen LogP contribution in [0.25, 0.3) is 0 Å². The highest BCUT2D eigenvalue weighted by Crippen LogP contribution is 2.17. The molecule has 34 heavy (non-hydrogen) atoms. The highest BCUT2D eigenvalue weighted by Gasteiger charge is 2.23. The van der Waals surface area contributed by atoms with Crippen LogP contribution < -0.4 is 16.1 Å². The first-order valence-electron chi connectivity index (χ1n) is 12.4. The number of rotatable bonds is 7. The van der Waals surface area contributed by atoms with Crippen LogP contribution in [0, 0.1) is 0 Å². The van der Waals surface area contributed by atoms with Gasteiger partial charge in [-0.1, -0.05) is 38.2 Å². The average Bonchev–Trinajstić information content (AvgIpc) is 3.34. The van der Waals surface area contributed by atoms with Crippen LogP contribution in [-0.2, 0) is 11.3 Å². The van der Waals surface area contributed by atoms with E-state index in [1.54, 1.807) is 10.8 Å². The van der Waals surface area contributed by atoms with Gasteiger partial charge in [0.2, 0.25) is 5.43 Å². The Morgan fingerprint density at radius 1 is 0.971 bits per heavy atom. The summed E-state index contributed by atoms with van der Waals surface area (Å²) in [5.74, 6) is -0.907. The number of aromatic nitrogens is 2. The van der Waals surface area contributed by atoms with Crippen molar-refractivity contribution in [1.29, 1.82) is 0 Å². The van der Waals surface area contributed by atoms with Crippen molar-refractivity contribution in [3.8, 4) is 0 Å². The minimum atomic E-state index is -0.551. The normalized spacial score (nSPS) is 19.2. The summed E-state index contributed by atoms with van der Waals surface area (Å²) in [6.45, 7) is 1.38. The van der Waals surface area contributed by atoms with Gasteiger partial charge in [0.05, 0.1) is 18.3 Å². The molecule has 8 nitrogen and oxygen atoms in total. The molecular formula is C26H34N4O4. The molecule has 2 amide bonds. The Morgan fingerprint density at radius 2 is 1.71 bits per heavy atom. The van der Waals surface area contributed by atoms with Crippen LogP contribution in [0.1, 0.15) is 84.2 Å². The van der Waals surface area contributed by atoms with E-state index in [2.05, 4.69) is 15.6 Å². The quantitative estimate of drug-likeness (QED) is 0.653. The average molecular weight is 467 g/mol. The summed E-state index contributed by atoms with van der Waals surface area (Å²) in [5, 5.41) is 5.87. The maximum absolute atomic E-state index is 13.2. The second kappa shape index (κ2) is 11.9.